The lowest BCUT2D eigenvalue weighted by Gasteiger charge is -2.34. The number of nitro benzene ring substituents is 1. The fourth-order valence-electron chi connectivity index (χ4n) is 5.21. The van der Waals surface area contributed by atoms with Gasteiger partial charge in [-0.1, -0.05) is 76.1 Å². The fourth-order valence-corrected chi connectivity index (χ4v) is 7.26. The highest BCUT2D eigenvalue weighted by Crippen LogP contribution is 2.36. The van der Waals surface area contributed by atoms with Gasteiger partial charge in [-0.05, 0) is 68.3 Å². The summed E-state index contributed by atoms with van der Waals surface area (Å²) in [6.45, 7) is 4.26. The molecule has 0 saturated carbocycles. The van der Waals surface area contributed by atoms with Crippen molar-refractivity contribution in [2.45, 2.75) is 50.7 Å². The van der Waals surface area contributed by atoms with E-state index in [1.54, 1.807) is 32.0 Å². The lowest BCUT2D eigenvalue weighted by Crippen LogP contribution is -2.54. The van der Waals surface area contributed by atoms with Crippen LogP contribution in [0.5, 0.6) is 5.75 Å². The van der Waals surface area contributed by atoms with Gasteiger partial charge in [0.05, 0.1) is 22.6 Å². The Morgan fingerprint density at radius 3 is 2.31 bits per heavy atom. The number of carbonyl (C=O) groups excluding carboxylic acids is 2. The van der Waals surface area contributed by atoms with Crippen molar-refractivity contribution in [3.63, 3.8) is 0 Å². The van der Waals surface area contributed by atoms with Gasteiger partial charge in [-0.25, -0.2) is 8.42 Å². The molecule has 1 N–H and O–H groups in total. The topological polar surface area (TPSA) is 139 Å². The average molecular weight is 772 g/mol. The SMILES string of the molecule is COc1ccc(Cl)cc1N(CC(=O)N(Cc1cccc(Br)c1)C(Cc1ccccc1)C(=O)NC(C)C)S(=O)(=O)c1ccc(C)c([N+](=O)[O-])c1. The van der Waals surface area contributed by atoms with Crippen LogP contribution in [-0.4, -0.2) is 55.8 Å². The minimum atomic E-state index is -4.67. The molecule has 0 spiro atoms. The molecule has 0 saturated heterocycles. The van der Waals surface area contributed by atoms with Gasteiger partial charge in [0.2, 0.25) is 11.8 Å². The van der Waals surface area contributed by atoms with E-state index in [-0.39, 0.29) is 41.0 Å². The molecule has 0 bridgehead atoms. The van der Waals surface area contributed by atoms with Gasteiger partial charge in [0.25, 0.3) is 15.7 Å². The third kappa shape index (κ3) is 9.37. The van der Waals surface area contributed by atoms with E-state index in [9.17, 15) is 28.1 Å². The summed E-state index contributed by atoms with van der Waals surface area (Å²) in [6.07, 6.45) is 0.135. The summed E-state index contributed by atoms with van der Waals surface area (Å²) in [5, 5.41) is 14.8. The molecule has 2 amide bonds. The molecule has 49 heavy (non-hydrogen) atoms. The molecule has 14 heteroatoms. The number of nitrogens with zero attached hydrogens (tertiary/aromatic N) is 3. The molecule has 0 radical (unpaired) electrons. The number of amides is 2. The largest absolute Gasteiger partial charge is 0.495 e. The van der Waals surface area contributed by atoms with Gasteiger partial charge >= 0.3 is 0 Å². The summed E-state index contributed by atoms with van der Waals surface area (Å²) in [5.41, 5.74) is 1.25. The Morgan fingerprint density at radius 2 is 1.67 bits per heavy atom. The quantitative estimate of drug-likeness (QED) is 0.111. The Morgan fingerprint density at radius 1 is 0.980 bits per heavy atom. The molecule has 0 heterocycles. The van der Waals surface area contributed by atoms with Crippen molar-refractivity contribution < 1.29 is 27.7 Å². The minimum absolute atomic E-state index is 0.0438. The van der Waals surface area contributed by atoms with Crippen LogP contribution in [0.25, 0.3) is 0 Å². The first kappa shape index (κ1) is 37.4. The summed E-state index contributed by atoms with van der Waals surface area (Å²) in [4.78, 5) is 40.6. The van der Waals surface area contributed by atoms with Crippen molar-refractivity contribution in [1.29, 1.82) is 0 Å². The molecule has 0 fully saturated rings. The van der Waals surface area contributed by atoms with Crippen molar-refractivity contribution in [2.75, 3.05) is 18.0 Å². The third-order valence-electron chi connectivity index (χ3n) is 7.60. The number of sulfonamides is 1. The lowest BCUT2D eigenvalue weighted by molar-refractivity contribution is -0.385. The zero-order valence-corrected chi connectivity index (χ0v) is 30.5. The van der Waals surface area contributed by atoms with Crippen LogP contribution in [0.4, 0.5) is 11.4 Å². The summed E-state index contributed by atoms with van der Waals surface area (Å²) < 4.78 is 35.9. The van der Waals surface area contributed by atoms with Gasteiger partial charge in [-0.2, -0.15) is 0 Å². The van der Waals surface area contributed by atoms with Gasteiger partial charge in [0.15, 0.2) is 0 Å². The molecule has 4 rings (SSSR count). The number of anilines is 1. The number of nitro groups is 1. The summed E-state index contributed by atoms with van der Waals surface area (Å²) in [5.74, 6) is -1.06. The van der Waals surface area contributed by atoms with E-state index in [1.165, 1.54) is 49.3 Å². The maximum absolute atomic E-state index is 14.7. The van der Waals surface area contributed by atoms with Crippen LogP contribution in [0.2, 0.25) is 5.02 Å². The van der Waals surface area contributed by atoms with Gasteiger partial charge in [0, 0.05) is 40.1 Å². The Bertz CT molecular complexity index is 1940. The van der Waals surface area contributed by atoms with Crippen molar-refractivity contribution in [1.82, 2.24) is 10.2 Å². The molecular weight excluding hydrogens is 736 g/mol. The van der Waals surface area contributed by atoms with E-state index in [1.807, 2.05) is 36.4 Å². The number of hydrogen-bond donors (Lipinski definition) is 1. The van der Waals surface area contributed by atoms with Crippen LogP contribution in [0, 0.1) is 17.0 Å². The van der Waals surface area contributed by atoms with E-state index in [0.29, 0.717) is 5.56 Å². The van der Waals surface area contributed by atoms with Gasteiger partial charge < -0.3 is 15.0 Å². The Kier molecular flexibility index (Phi) is 12.4. The van der Waals surface area contributed by atoms with Crippen LogP contribution < -0.4 is 14.4 Å². The third-order valence-corrected chi connectivity index (χ3v) is 10.1. The van der Waals surface area contributed by atoms with Gasteiger partial charge in [-0.15, -0.1) is 0 Å². The zero-order chi connectivity index (χ0) is 35.9. The molecule has 0 aromatic heterocycles. The number of rotatable bonds is 14. The van der Waals surface area contributed by atoms with Gasteiger partial charge in [-0.3, -0.25) is 24.0 Å². The fraction of sp³-hybridized carbons (Fsp3) is 0.257. The van der Waals surface area contributed by atoms with Crippen LogP contribution in [-0.2, 0) is 32.6 Å². The van der Waals surface area contributed by atoms with Gasteiger partial charge in [0.1, 0.15) is 18.3 Å². The van der Waals surface area contributed by atoms with E-state index in [0.717, 1.165) is 20.4 Å². The Balaban J connectivity index is 1.90. The highest BCUT2D eigenvalue weighted by Gasteiger charge is 2.36. The van der Waals surface area contributed by atoms with Crippen molar-refractivity contribution in [3.05, 3.63) is 127 Å². The molecular formula is C35H36BrClN4O7S. The number of aryl methyl sites for hydroxylation is 1. The number of carbonyl (C=O) groups is 2. The van der Waals surface area contributed by atoms with Crippen LogP contribution >= 0.6 is 27.5 Å². The van der Waals surface area contributed by atoms with Crippen LogP contribution in [0.15, 0.2) is 100 Å². The van der Waals surface area contributed by atoms with E-state index < -0.39 is 49.9 Å². The number of ether oxygens (including phenoxy) is 1. The lowest BCUT2D eigenvalue weighted by atomic mass is 10.0. The molecule has 11 nitrogen and oxygen atoms in total. The van der Waals surface area contributed by atoms with Crippen molar-refractivity contribution >= 4 is 60.7 Å². The molecule has 258 valence electrons. The minimum Gasteiger partial charge on any atom is -0.495 e. The summed E-state index contributed by atoms with van der Waals surface area (Å²) in [6, 6.07) is 22.9. The molecule has 4 aromatic rings. The Labute approximate surface area is 299 Å². The molecule has 1 atom stereocenters. The summed E-state index contributed by atoms with van der Waals surface area (Å²) in [7, 11) is -3.34. The standard InChI is InChI=1S/C35H36BrClN4O7S/c1-23(2)38-35(43)32(18-25-9-6-5-7-10-25)39(21-26-11-8-12-27(36)17-26)34(42)22-40(31-19-28(37)14-16-33(31)48-4)49(46,47)29-15-13-24(3)30(20-29)41(44)45/h5-17,19-20,23,32H,18,21-22H2,1-4H3,(H,38,43). The smallest absolute Gasteiger partial charge is 0.273 e. The van der Waals surface area contributed by atoms with Crippen molar-refractivity contribution in [3.8, 4) is 5.75 Å². The van der Waals surface area contributed by atoms with Crippen molar-refractivity contribution in [2.24, 2.45) is 0 Å². The first-order chi connectivity index (χ1) is 23.2. The predicted molar refractivity (Wildman–Crippen MR) is 192 cm³/mol. The molecule has 0 aliphatic rings. The number of benzene rings is 4. The molecule has 1 unspecified atom stereocenters. The Hall–Kier alpha value is -4.46. The maximum atomic E-state index is 14.7. The second-order valence-corrected chi connectivity index (χ2v) is 14.8. The van der Waals surface area contributed by atoms with E-state index >= 15 is 0 Å². The highest BCUT2D eigenvalue weighted by molar-refractivity contribution is 9.10. The van der Waals surface area contributed by atoms with Crippen LogP contribution in [0.1, 0.15) is 30.5 Å². The monoisotopic (exact) mass is 770 g/mol. The first-order valence-corrected chi connectivity index (χ1v) is 17.8. The number of halogens is 2. The summed E-state index contributed by atoms with van der Waals surface area (Å²) >= 11 is 9.80. The molecule has 4 aromatic carbocycles. The number of nitrogens with one attached hydrogen (secondary N) is 1. The number of methoxy groups -OCH3 is 1. The zero-order valence-electron chi connectivity index (χ0n) is 27.3. The molecule has 0 aliphatic heterocycles. The van der Waals surface area contributed by atoms with E-state index in [4.69, 9.17) is 16.3 Å². The second-order valence-electron chi connectivity index (χ2n) is 11.6. The molecule has 0 aliphatic carbocycles. The second kappa shape index (κ2) is 16.3. The average Bonchev–Trinajstić information content (AvgIpc) is 3.05. The maximum Gasteiger partial charge on any atom is 0.273 e. The number of hydrogen-bond acceptors (Lipinski definition) is 7. The van der Waals surface area contributed by atoms with Crippen LogP contribution in [0.3, 0.4) is 0 Å². The predicted octanol–water partition coefficient (Wildman–Crippen LogP) is 6.69. The first-order valence-electron chi connectivity index (χ1n) is 15.2. The normalized spacial score (nSPS) is 11.9. The highest BCUT2D eigenvalue weighted by atomic mass is 79.9. The van der Waals surface area contributed by atoms with E-state index in [2.05, 4.69) is 21.2 Å².